The zero-order valence-electron chi connectivity index (χ0n) is 29.5. The van der Waals surface area contributed by atoms with E-state index in [9.17, 15) is 10.3 Å². The van der Waals surface area contributed by atoms with Crippen molar-refractivity contribution < 1.29 is 29.3 Å². The number of ether oxygens (including phenoxy) is 4. The molecule has 53 heavy (non-hydrogen) atoms. The summed E-state index contributed by atoms with van der Waals surface area (Å²) in [6.45, 7) is 1.10. The molecule has 0 amide bonds. The fraction of sp³-hybridized carbons (Fsp3) is 0.250. The van der Waals surface area contributed by atoms with Gasteiger partial charge in [0.15, 0.2) is 0 Å². The van der Waals surface area contributed by atoms with Crippen LogP contribution in [0.25, 0.3) is 0 Å². The fourth-order valence-corrected chi connectivity index (χ4v) is 6.90. The van der Waals surface area contributed by atoms with Gasteiger partial charge in [0.2, 0.25) is 0 Å². The fourth-order valence-electron chi connectivity index (χ4n) is 6.12. The minimum absolute atomic E-state index is 0.0280. The summed E-state index contributed by atoms with van der Waals surface area (Å²) in [5, 5.41) is 27.9. The SMILES string of the molecule is O[C@H](COCc1ccccc1)[C@@H](OCc1ccccc1)[C@H](OCc1ccccc1)[C@@H](OCc1ccccc1)[C@@H](c1nccs1)N(O)Cc1ccccc1. The molecule has 9 heteroatoms. The maximum Gasteiger partial charge on any atom is 0.116 e. The number of thiazole rings is 1. The Kier molecular flexibility index (Phi) is 14.9. The van der Waals surface area contributed by atoms with E-state index in [-0.39, 0.29) is 33.0 Å². The lowest BCUT2D eigenvalue weighted by molar-refractivity contribution is -0.234. The summed E-state index contributed by atoms with van der Waals surface area (Å²) in [6.07, 6.45) is -2.18. The quantitative estimate of drug-likeness (QED) is 0.0714. The number of hydrogen-bond acceptors (Lipinski definition) is 9. The minimum atomic E-state index is -1.13. The summed E-state index contributed by atoms with van der Waals surface area (Å²) >= 11 is 1.42. The van der Waals surface area contributed by atoms with Crippen molar-refractivity contribution in [2.75, 3.05) is 6.61 Å². The zero-order chi connectivity index (χ0) is 36.5. The lowest BCUT2D eigenvalue weighted by atomic mass is 9.96. The molecule has 0 aliphatic carbocycles. The van der Waals surface area contributed by atoms with E-state index in [1.165, 1.54) is 16.4 Å². The molecule has 0 spiro atoms. The molecule has 6 rings (SSSR count). The van der Waals surface area contributed by atoms with E-state index in [4.69, 9.17) is 23.9 Å². The summed E-state index contributed by atoms with van der Waals surface area (Å²) in [4.78, 5) is 4.69. The summed E-state index contributed by atoms with van der Waals surface area (Å²) in [5.74, 6) is 0. The molecule has 0 saturated carbocycles. The molecule has 5 atom stereocenters. The average Bonchev–Trinajstić information content (AvgIpc) is 3.74. The molecular formula is C44H46N2O6S. The molecule has 8 nitrogen and oxygen atoms in total. The number of rotatable bonds is 21. The number of hydroxylamine groups is 2. The Labute approximate surface area is 315 Å². The van der Waals surface area contributed by atoms with Gasteiger partial charge in [-0.25, -0.2) is 4.98 Å². The normalized spacial score (nSPS) is 14.4. The number of nitrogens with zero attached hydrogens (tertiary/aromatic N) is 2. The van der Waals surface area contributed by atoms with Crippen LogP contribution in [0.3, 0.4) is 0 Å². The van der Waals surface area contributed by atoms with E-state index in [0.717, 1.165) is 27.8 Å². The maximum absolute atomic E-state index is 12.1. The first-order valence-corrected chi connectivity index (χ1v) is 18.7. The standard InChI is InChI=1S/C44H46N2O6S/c47-39(33-49-29-35-18-8-2-9-19-35)41(50-30-36-20-10-3-11-21-36)43(52-32-38-24-14-5-15-25-38)42(51-31-37-22-12-4-13-23-37)40(44-45-26-27-53-44)46(48)28-34-16-6-1-7-17-34/h1-27,39-43,47-48H,28-33H2/t39-,40+,41-,42+,43+/m1/s1. The highest BCUT2D eigenvalue weighted by molar-refractivity contribution is 7.09. The Morgan fingerprint density at radius 2 is 0.943 bits per heavy atom. The van der Waals surface area contributed by atoms with E-state index in [2.05, 4.69) is 0 Å². The van der Waals surface area contributed by atoms with Crippen molar-refractivity contribution >= 4 is 11.3 Å². The van der Waals surface area contributed by atoms with Crippen molar-refractivity contribution in [3.63, 3.8) is 0 Å². The second kappa shape index (κ2) is 20.6. The molecule has 0 fully saturated rings. The van der Waals surface area contributed by atoms with Gasteiger partial charge in [0, 0.05) is 18.1 Å². The van der Waals surface area contributed by atoms with Crippen LogP contribution in [0.15, 0.2) is 163 Å². The van der Waals surface area contributed by atoms with E-state index in [0.29, 0.717) is 11.6 Å². The highest BCUT2D eigenvalue weighted by Crippen LogP contribution is 2.35. The lowest BCUT2D eigenvalue weighted by Gasteiger charge is -2.40. The highest BCUT2D eigenvalue weighted by atomic mass is 32.1. The van der Waals surface area contributed by atoms with Crippen LogP contribution < -0.4 is 0 Å². The topological polar surface area (TPSA) is 93.5 Å². The Balaban J connectivity index is 1.39. The van der Waals surface area contributed by atoms with Crippen LogP contribution in [-0.4, -0.2) is 51.4 Å². The molecule has 6 aromatic rings. The zero-order valence-corrected chi connectivity index (χ0v) is 30.4. The van der Waals surface area contributed by atoms with Gasteiger partial charge in [0.05, 0.1) is 33.0 Å². The first kappa shape index (κ1) is 38.2. The average molecular weight is 731 g/mol. The molecule has 274 valence electrons. The van der Waals surface area contributed by atoms with Gasteiger partial charge < -0.3 is 29.3 Å². The molecular weight excluding hydrogens is 685 g/mol. The van der Waals surface area contributed by atoms with Gasteiger partial charge >= 0.3 is 0 Å². The lowest BCUT2D eigenvalue weighted by Crippen LogP contribution is -2.54. The Morgan fingerprint density at radius 3 is 1.40 bits per heavy atom. The van der Waals surface area contributed by atoms with Crippen molar-refractivity contribution in [1.29, 1.82) is 0 Å². The molecule has 0 unspecified atom stereocenters. The predicted octanol–water partition coefficient (Wildman–Crippen LogP) is 8.41. The number of aromatic nitrogens is 1. The molecule has 0 aliphatic rings. The number of hydrogen-bond donors (Lipinski definition) is 2. The van der Waals surface area contributed by atoms with E-state index < -0.39 is 30.5 Å². The third kappa shape index (κ3) is 11.7. The molecule has 1 heterocycles. The van der Waals surface area contributed by atoms with Gasteiger partial charge in [-0.1, -0.05) is 152 Å². The van der Waals surface area contributed by atoms with Crippen LogP contribution in [0.1, 0.15) is 38.9 Å². The van der Waals surface area contributed by atoms with E-state index >= 15 is 0 Å². The minimum Gasteiger partial charge on any atom is -0.388 e. The Hall–Kier alpha value is -4.55. The molecule has 1 aromatic heterocycles. The predicted molar refractivity (Wildman–Crippen MR) is 206 cm³/mol. The van der Waals surface area contributed by atoms with Crippen molar-refractivity contribution in [3.8, 4) is 0 Å². The van der Waals surface area contributed by atoms with Gasteiger partial charge in [0.1, 0.15) is 35.5 Å². The van der Waals surface area contributed by atoms with Gasteiger partial charge in [-0.2, -0.15) is 5.06 Å². The van der Waals surface area contributed by atoms with Crippen LogP contribution in [0.5, 0.6) is 0 Å². The molecule has 0 aliphatic heterocycles. The van der Waals surface area contributed by atoms with Crippen molar-refractivity contribution in [3.05, 3.63) is 196 Å². The second-order valence-corrected chi connectivity index (χ2v) is 13.7. The van der Waals surface area contributed by atoms with Crippen LogP contribution >= 0.6 is 11.3 Å². The first-order valence-electron chi connectivity index (χ1n) is 17.8. The largest absolute Gasteiger partial charge is 0.388 e. The summed E-state index contributed by atoms with van der Waals surface area (Å²) < 4.78 is 26.5. The molecule has 2 N–H and O–H groups in total. The van der Waals surface area contributed by atoms with Crippen LogP contribution in [-0.2, 0) is 51.9 Å². The Morgan fingerprint density at radius 1 is 0.528 bits per heavy atom. The van der Waals surface area contributed by atoms with Crippen molar-refractivity contribution in [2.24, 2.45) is 0 Å². The number of aliphatic hydroxyl groups excluding tert-OH is 1. The third-order valence-electron chi connectivity index (χ3n) is 8.81. The number of aliphatic hydroxyl groups is 1. The molecule has 0 bridgehead atoms. The summed E-state index contributed by atoms with van der Waals surface area (Å²) in [6, 6.07) is 48.3. The third-order valence-corrected chi connectivity index (χ3v) is 9.65. The van der Waals surface area contributed by atoms with Crippen LogP contribution in [0, 0.1) is 0 Å². The summed E-state index contributed by atoms with van der Waals surface area (Å²) in [5.41, 5.74) is 4.71. The van der Waals surface area contributed by atoms with Gasteiger partial charge in [-0.05, 0) is 27.8 Å². The molecule has 5 aromatic carbocycles. The van der Waals surface area contributed by atoms with E-state index in [1.807, 2.05) is 157 Å². The van der Waals surface area contributed by atoms with Gasteiger partial charge in [-0.3, -0.25) is 0 Å². The monoisotopic (exact) mass is 730 g/mol. The molecule has 0 radical (unpaired) electrons. The van der Waals surface area contributed by atoms with Gasteiger partial charge in [-0.15, -0.1) is 11.3 Å². The first-order chi connectivity index (χ1) is 26.1. The summed E-state index contributed by atoms with van der Waals surface area (Å²) in [7, 11) is 0. The van der Waals surface area contributed by atoms with Crippen molar-refractivity contribution in [2.45, 2.75) is 63.4 Å². The Bertz CT molecular complexity index is 1840. The van der Waals surface area contributed by atoms with Gasteiger partial charge in [0.25, 0.3) is 0 Å². The van der Waals surface area contributed by atoms with Crippen molar-refractivity contribution in [1.82, 2.24) is 10.0 Å². The second-order valence-electron chi connectivity index (χ2n) is 12.8. The molecule has 0 saturated heterocycles. The van der Waals surface area contributed by atoms with E-state index in [1.54, 1.807) is 6.20 Å². The van der Waals surface area contributed by atoms with Crippen LogP contribution in [0.2, 0.25) is 0 Å². The highest BCUT2D eigenvalue weighted by Gasteiger charge is 2.44. The number of benzene rings is 5. The van der Waals surface area contributed by atoms with Crippen LogP contribution in [0.4, 0.5) is 0 Å². The maximum atomic E-state index is 12.1. The smallest absolute Gasteiger partial charge is 0.116 e.